The maximum atomic E-state index is 13.1. The van der Waals surface area contributed by atoms with Gasteiger partial charge in [-0.05, 0) is 31.6 Å². The van der Waals surface area contributed by atoms with Gasteiger partial charge in [0.1, 0.15) is 19.3 Å². The van der Waals surface area contributed by atoms with Crippen LogP contribution in [0.3, 0.4) is 0 Å². The summed E-state index contributed by atoms with van der Waals surface area (Å²) in [6.07, 6.45) is 64.0. The first-order valence-corrected chi connectivity index (χ1v) is 44.6. The number of carbonyl (C=O) groups excluding carboxylic acids is 4. The molecule has 2 unspecified atom stereocenters. The number of carbonyl (C=O) groups is 4. The summed E-state index contributed by atoms with van der Waals surface area (Å²) in [7, 11) is -9.91. The number of phosphoric ester groups is 2. The minimum Gasteiger partial charge on any atom is -0.462 e. The van der Waals surface area contributed by atoms with E-state index in [-0.39, 0.29) is 25.7 Å². The minimum absolute atomic E-state index is 0.107. The average Bonchev–Trinajstić information content (AvgIpc) is 1.59. The minimum atomic E-state index is -4.96. The lowest BCUT2D eigenvalue weighted by molar-refractivity contribution is -0.161. The second-order valence-electron chi connectivity index (χ2n) is 29.3. The topological polar surface area (TPSA) is 237 Å². The number of esters is 4. The van der Waals surface area contributed by atoms with Crippen molar-refractivity contribution >= 4 is 39.5 Å². The molecule has 5 atom stereocenters. The van der Waals surface area contributed by atoms with Gasteiger partial charge in [0, 0.05) is 25.7 Å². The Morgan fingerprint density at radius 2 is 0.465 bits per heavy atom. The van der Waals surface area contributed by atoms with Gasteiger partial charge >= 0.3 is 39.5 Å². The summed E-state index contributed by atoms with van der Waals surface area (Å²) < 4.78 is 68.6. The highest BCUT2D eigenvalue weighted by Crippen LogP contribution is 2.45. The Morgan fingerprint density at radius 3 is 0.687 bits per heavy atom. The molecule has 588 valence electrons. The van der Waals surface area contributed by atoms with Crippen LogP contribution in [0.1, 0.15) is 426 Å². The number of rotatable bonds is 80. The van der Waals surface area contributed by atoms with E-state index in [1.165, 1.54) is 244 Å². The van der Waals surface area contributed by atoms with Crippen LogP contribution >= 0.6 is 15.6 Å². The van der Waals surface area contributed by atoms with Crippen LogP contribution in [0.25, 0.3) is 0 Å². The van der Waals surface area contributed by atoms with E-state index < -0.39 is 97.5 Å². The third kappa shape index (κ3) is 74.1. The highest BCUT2D eigenvalue weighted by atomic mass is 31.2. The molecule has 0 bridgehead atoms. The zero-order valence-electron chi connectivity index (χ0n) is 64.6. The molecule has 0 heterocycles. The highest BCUT2D eigenvalue weighted by molar-refractivity contribution is 7.47. The lowest BCUT2D eigenvalue weighted by atomic mass is 10.0. The van der Waals surface area contributed by atoms with Crippen LogP contribution in [0, 0.1) is 5.92 Å². The number of unbranched alkanes of at least 4 members (excludes halogenated alkanes) is 52. The number of hydrogen-bond donors (Lipinski definition) is 3. The molecule has 99 heavy (non-hydrogen) atoms. The summed E-state index contributed by atoms with van der Waals surface area (Å²) in [5.74, 6) is -1.40. The van der Waals surface area contributed by atoms with E-state index in [4.69, 9.17) is 37.0 Å². The predicted octanol–water partition coefficient (Wildman–Crippen LogP) is 24.0. The molecule has 3 N–H and O–H groups in total. The lowest BCUT2D eigenvalue weighted by Crippen LogP contribution is -2.30. The smallest absolute Gasteiger partial charge is 0.462 e. The van der Waals surface area contributed by atoms with Gasteiger partial charge in [0.05, 0.1) is 26.4 Å². The van der Waals surface area contributed by atoms with Gasteiger partial charge in [0.25, 0.3) is 0 Å². The molecular formula is C80H156O17P2. The summed E-state index contributed by atoms with van der Waals surface area (Å²) in [4.78, 5) is 72.9. The van der Waals surface area contributed by atoms with Gasteiger partial charge in [-0.2, -0.15) is 0 Å². The van der Waals surface area contributed by atoms with E-state index >= 15 is 0 Å². The largest absolute Gasteiger partial charge is 0.472 e. The fraction of sp³-hybridized carbons (Fsp3) is 0.950. The molecule has 0 rings (SSSR count). The van der Waals surface area contributed by atoms with Crippen LogP contribution in [0.15, 0.2) is 0 Å². The number of phosphoric acid groups is 2. The molecule has 0 amide bonds. The second-order valence-corrected chi connectivity index (χ2v) is 32.2. The Hall–Kier alpha value is -1.94. The second kappa shape index (κ2) is 73.0. The van der Waals surface area contributed by atoms with Crippen molar-refractivity contribution in [1.82, 2.24) is 0 Å². The van der Waals surface area contributed by atoms with E-state index in [2.05, 4.69) is 34.6 Å². The third-order valence-corrected chi connectivity index (χ3v) is 20.7. The molecule has 0 aromatic carbocycles. The normalized spacial score (nSPS) is 13.9. The molecule has 17 nitrogen and oxygen atoms in total. The van der Waals surface area contributed by atoms with Crippen molar-refractivity contribution in [2.45, 2.75) is 445 Å². The van der Waals surface area contributed by atoms with E-state index in [9.17, 15) is 43.2 Å². The zero-order valence-corrected chi connectivity index (χ0v) is 66.4. The van der Waals surface area contributed by atoms with Crippen LogP contribution < -0.4 is 0 Å². The van der Waals surface area contributed by atoms with Gasteiger partial charge in [-0.15, -0.1) is 0 Å². The fourth-order valence-electron chi connectivity index (χ4n) is 12.4. The van der Waals surface area contributed by atoms with E-state index in [0.29, 0.717) is 31.6 Å². The Labute approximate surface area is 607 Å². The molecule has 0 aliphatic carbocycles. The van der Waals surface area contributed by atoms with Crippen LogP contribution in [0.2, 0.25) is 0 Å². The molecule has 0 saturated carbocycles. The van der Waals surface area contributed by atoms with E-state index in [1.54, 1.807) is 0 Å². The molecule has 0 aliphatic heterocycles. The van der Waals surface area contributed by atoms with E-state index in [0.717, 1.165) is 96.3 Å². The first-order chi connectivity index (χ1) is 48.0. The fourth-order valence-corrected chi connectivity index (χ4v) is 14.0. The molecule has 0 aromatic heterocycles. The molecule has 0 radical (unpaired) electrons. The van der Waals surface area contributed by atoms with Crippen molar-refractivity contribution in [2.75, 3.05) is 39.6 Å². The number of ether oxygens (including phenoxy) is 4. The SMILES string of the molecule is CCCCCCCCCCCCCCCCCCCCCCC(=O)O[C@H](COC(=O)CCCCCCCCCCCCCCCCCCCC)COP(=O)(O)OC[C@@H](O)COP(=O)(O)OC[C@@H](COC(=O)CCCCCCCCCC(C)C)OC(=O)CCCCCCCCCCCCC. The monoisotopic (exact) mass is 1450 g/mol. The highest BCUT2D eigenvalue weighted by Gasteiger charge is 2.30. The van der Waals surface area contributed by atoms with Crippen molar-refractivity contribution in [3.05, 3.63) is 0 Å². The van der Waals surface area contributed by atoms with Crippen molar-refractivity contribution in [3.8, 4) is 0 Å². The summed E-state index contributed by atoms with van der Waals surface area (Å²) in [6.45, 7) is 7.26. The maximum absolute atomic E-state index is 13.1. The zero-order chi connectivity index (χ0) is 72.7. The number of aliphatic hydroxyl groups is 1. The summed E-state index contributed by atoms with van der Waals surface area (Å²) in [6, 6.07) is 0. The van der Waals surface area contributed by atoms with Crippen LogP contribution in [0.4, 0.5) is 0 Å². The standard InChI is InChI=1S/C80H156O17P2/c1-6-9-12-15-18-21-24-26-28-30-32-33-35-37-39-42-45-50-56-61-66-80(85)96-75(69-90-77(82)63-58-53-48-43-41-38-36-34-31-29-27-25-22-19-16-13-10-7-2)71-94-98(86,87)92-67-74(81)68-93-99(88,89)95-72-76(70-91-78(83)64-59-54-51-46-47-52-57-62-73(4)5)97-79(84)65-60-55-49-44-40-23-20-17-14-11-8-3/h73-76,81H,6-72H2,1-5H3,(H,86,87)(H,88,89)/t74-,75-,76-/m1/s1. The summed E-state index contributed by atoms with van der Waals surface area (Å²) in [5, 5.41) is 10.6. The van der Waals surface area contributed by atoms with Gasteiger partial charge in [-0.25, -0.2) is 9.13 Å². The van der Waals surface area contributed by atoms with E-state index in [1.807, 2.05) is 0 Å². The lowest BCUT2D eigenvalue weighted by Gasteiger charge is -2.21. The van der Waals surface area contributed by atoms with Crippen LogP contribution in [0.5, 0.6) is 0 Å². The first-order valence-electron chi connectivity index (χ1n) is 41.6. The Bertz CT molecular complexity index is 1890. The van der Waals surface area contributed by atoms with Crippen molar-refractivity contribution < 1.29 is 80.2 Å². The Morgan fingerprint density at radius 1 is 0.273 bits per heavy atom. The maximum Gasteiger partial charge on any atom is 0.472 e. The van der Waals surface area contributed by atoms with Crippen molar-refractivity contribution in [1.29, 1.82) is 0 Å². The average molecular weight is 1450 g/mol. The molecule has 0 aromatic rings. The number of aliphatic hydroxyl groups excluding tert-OH is 1. The third-order valence-electron chi connectivity index (χ3n) is 18.8. The van der Waals surface area contributed by atoms with Gasteiger partial charge < -0.3 is 33.8 Å². The predicted molar refractivity (Wildman–Crippen MR) is 405 cm³/mol. The quantitative estimate of drug-likeness (QED) is 0.0222. The molecule has 0 aliphatic rings. The molecule has 0 spiro atoms. The van der Waals surface area contributed by atoms with Gasteiger partial charge in [-0.3, -0.25) is 37.3 Å². The van der Waals surface area contributed by atoms with Crippen LogP contribution in [-0.4, -0.2) is 96.7 Å². The summed E-state index contributed by atoms with van der Waals surface area (Å²) in [5.41, 5.74) is 0. The van der Waals surface area contributed by atoms with Gasteiger partial charge in [0.15, 0.2) is 12.2 Å². The van der Waals surface area contributed by atoms with Crippen molar-refractivity contribution in [2.24, 2.45) is 5.92 Å². The Kier molecular flexibility index (Phi) is 71.6. The molecule has 19 heteroatoms. The molecular weight excluding hydrogens is 1290 g/mol. The van der Waals surface area contributed by atoms with Crippen LogP contribution in [-0.2, 0) is 65.4 Å². The first kappa shape index (κ1) is 97.1. The van der Waals surface area contributed by atoms with Crippen molar-refractivity contribution in [3.63, 3.8) is 0 Å². The van der Waals surface area contributed by atoms with Gasteiger partial charge in [-0.1, -0.05) is 375 Å². The summed E-state index contributed by atoms with van der Waals surface area (Å²) >= 11 is 0. The molecule has 0 fully saturated rings. The molecule has 0 saturated heterocycles. The number of hydrogen-bond acceptors (Lipinski definition) is 15. The Balaban J connectivity index is 5.20. The van der Waals surface area contributed by atoms with Gasteiger partial charge in [0.2, 0.25) is 0 Å².